The molecule has 0 saturated heterocycles. The monoisotopic (exact) mass is 199 g/mol. The van der Waals surface area contributed by atoms with Gasteiger partial charge in [-0.15, -0.1) is 0 Å². The van der Waals surface area contributed by atoms with Gasteiger partial charge in [0, 0.05) is 6.20 Å². The van der Waals surface area contributed by atoms with Crippen LogP contribution in [0.1, 0.15) is 0 Å². The van der Waals surface area contributed by atoms with E-state index >= 15 is 0 Å². The number of hydrogen-bond donors (Lipinski definition) is 2. The molecule has 1 aliphatic rings. The van der Waals surface area contributed by atoms with Gasteiger partial charge in [-0.1, -0.05) is 0 Å². The summed E-state index contributed by atoms with van der Waals surface area (Å²) < 4.78 is 25.8. The molecule has 1 amide bonds. The topological polar surface area (TPSA) is 54.0 Å². The van der Waals surface area contributed by atoms with E-state index < -0.39 is 18.4 Å². The molecule has 0 atom stereocenters. The second-order valence-corrected chi connectivity index (χ2v) is 2.91. The van der Waals surface area contributed by atoms with Crippen molar-refractivity contribution in [3.8, 4) is 0 Å². The Morgan fingerprint density at radius 2 is 2.29 bits per heavy atom. The highest BCUT2D eigenvalue weighted by atomic mass is 19.3. The quantitative estimate of drug-likeness (QED) is 0.657. The van der Waals surface area contributed by atoms with Gasteiger partial charge in [0.1, 0.15) is 5.82 Å². The standard InChI is InChI=1S/C8H7F2N3O/c9-8(10)4-12-6-5(13-7(8)14)2-1-3-11-6/h1-3H,4H2,(H,11,12)(H,13,14). The fourth-order valence-corrected chi connectivity index (χ4v) is 1.14. The summed E-state index contributed by atoms with van der Waals surface area (Å²) >= 11 is 0. The van der Waals surface area contributed by atoms with Crippen molar-refractivity contribution in [2.75, 3.05) is 17.2 Å². The minimum absolute atomic E-state index is 0.262. The average Bonchev–Trinajstić information content (AvgIpc) is 2.26. The molecule has 6 heteroatoms. The fraction of sp³-hybridized carbons (Fsp3) is 0.250. The lowest BCUT2D eigenvalue weighted by Gasteiger charge is -2.10. The third-order valence-corrected chi connectivity index (χ3v) is 1.87. The van der Waals surface area contributed by atoms with Gasteiger partial charge in [0.2, 0.25) is 0 Å². The summed E-state index contributed by atoms with van der Waals surface area (Å²) in [5.74, 6) is -4.45. The summed E-state index contributed by atoms with van der Waals surface area (Å²) in [5, 5.41) is 4.50. The lowest BCUT2D eigenvalue weighted by molar-refractivity contribution is -0.137. The molecule has 0 radical (unpaired) electrons. The minimum atomic E-state index is -3.40. The van der Waals surface area contributed by atoms with Crippen LogP contribution < -0.4 is 10.6 Å². The van der Waals surface area contributed by atoms with Gasteiger partial charge in [-0.25, -0.2) is 4.98 Å². The molecule has 0 aromatic carbocycles. The van der Waals surface area contributed by atoms with Crippen molar-refractivity contribution in [2.24, 2.45) is 0 Å². The number of fused-ring (bicyclic) bond motifs is 1. The molecule has 0 unspecified atom stereocenters. The van der Waals surface area contributed by atoms with Crippen molar-refractivity contribution in [1.82, 2.24) is 4.98 Å². The Hall–Kier alpha value is -1.72. The van der Waals surface area contributed by atoms with Gasteiger partial charge in [-0.2, -0.15) is 8.78 Å². The summed E-state index contributed by atoms with van der Waals surface area (Å²) in [5.41, 5.74) is 0.273. The zero-order valence-electron chi connectivity index (χ0n) is 7.05. The third kappa shape index (κ3) is 1.39. The molecule has 0 aliphatic carbocycles. The van der Waals surface area contributed by atoms with Crippen LogP contribution >= 0.6 is 0 Å². The summed E-state index contributed by atoms with van der Waals surface area (Å²) in [6, 6.07) is 3.07. The van der Waals surface area contributed by atoms with E-state index in [2.05, 4.69) is 15.6 Å². The van der Waals surface area contributed by atoms with Gasteiger partial charge in [0.05, 0.1) is 12.2 Å². The van der Waals surface area contributed by atoms with Gasteiger partial charge in [-0.05, 0) is 12.1 Å². The van der Waals surface area contributed by atoms with Gasteiger partial charge < -0.3 is 10.6 Å². The average molecular weight is 199 g/mol. The Balaban J connectivity index is 2.38. The van der Waals surface area contributed by atoms with Crippen molar-refractivity contribution in [3.63, 3.8) is 0 Å². The van der Waals surface area contributed by atoms with Gasteiger partial charge in [0.15, 0.2) is 0 Å². The Kier molecular flexibility index (Phi) is 1.83. The first-order valence-electron chi connectivity index (χ1n) is 3.98. The zero-order valence-corrected chi connectivity index (χ0v) is 7.05. The van der Waals surface area contributed by atoms with Crippen LogP contribution in [0.3, 0.4) is 0 Å². The largest absolute Gasteiger partial charge is 0.362 e. The number of pyridine rings is 1. The molecule has 14 heavy (non-hydrogen) atoms. The second-order valence-electron chi connectivity index (χ2n) is 2.91. The summed E-state index contributed by atoms with van der Waals surface area (Å²) in [6.45, 7) is -0.733. The van der Waals surface area contributed by atoms with Crippen molar-refractivity contribution < 1.29 is 13.6 Å². The van der Waals surface area contributed by atoms with E-state index in [0.29, 0.717) is 0 Å². The normalized spacial score (nSPS) is 18.9. The molecule has 0 bridgehead atoms. The molecule has 1 aromatic heterocycles. The lowest BCUT2D eigenvalue weighted by Crippen LogP contribution is -2.38. The van der Waals surface area contributed by atoms with E-state index in [0.717, 1.165) is 0 Å². The number of aromatic nitrogens is 1. The Morgan fingerprint density at radius 1 is 1.50 bits per heavy atom. The van der Waals surface area contributed by atoms with Crippen LogP contribution in [0.15, 0.2) is 18.3 Å². The van der Waals surface area contributed by atoms with Crippen LogP contribution in [0.2, 0.25) is 0 Å². The third-order valence-electron chi connectivity index (χ3n) is 1.87. The highest BCUT2D eigenvalue weighted by Crippen LogP contribution is 2.26. The first-order valence-corrected chi connectivity index (χ1v) is 3.98. The van der Waals surface area contributed by atoms with Gasteiger partial charge >= 0.3 is 5.92 Å². The van der Waals surface area contributed by atoms with Crippen LogP contribution in [0.4, 0.5) is 20.3 Å². The van der Waals surface area contributed by atoms with E-state index in [1.807, 2.05) is 0 Å². The van der Waals surface area contributed by atoms with Crippen molar-refractivity contribution in [1.29, 1.82) is 0 Å². The Bertz CT molecular complexity index is 381. The second kappa shape index (κ2) is 2.90. The highest BCUT2D eigenvalue weighted by molar-refractivity contribution is 5.99. The summed E-state index contributed by atoms with van der Waals surface area (Å²) in [4.78, 5) is 14.8. The fourth-order valence-electron chi connectivity index (χ4n) is 1.14. The first kappa shape index (κ1) is 8.86. The molecule has 2 heterocycles. The van der Waals surface area contributed by atoms with Gasteiger partial charge in [0.25, 0.3) is 5.91 Å². The van der Waals surface area contributed by atoms with Crippen LogP contribution in [-0.4, -0.2) is 23.4 Å². The van der Waals surface area contributed by atoms with E-state index in [1.165, 1.54) is 12.3 Å². The lowest BCUT2D eigenvalue weighted by atomic mass is 10.3. The van der Waals surface area contributed by atoms with Crippen molar-refractivity contribution in [2.45, 2.75) is 5.92 Å². The number of carbonyl (C=O) groups excluding carboxylic acids is 1. The molecule has 1 aromatic rings. The van der Waals surface area contributed by atoms with E-state index in [-0.39, 0.29) is 11.5 Å². The number of nitrogens with one attached hydrogen (secondary N) is 2. The summed E-state index contributed by atoms with van der Waals surface area (Å²) in [7, 11) is 0. The number of nitrogens with zero attached hydrogens (tertiary/aromatic N) is 1. The van der Waals surface area contributed by atoms with Crippen LogP contribution in [0.5, 0.6) is 0 Å². The first-order chi connectivity index (χ1) is 6.59. The SMILES string of the molecule is O=C1Nc2cccnc2NCC1(F)F. The smallest absolute Gasteiger partial charge is 0.341 e. The predicted molar refractivity (Wildman–Crippen MR) is 46.3 cm³/mol. The van der Waals surface area contributed by atoms with E-state index in [4.69, 9.17) is 0 Å². The predicted octanol–water partition coefficient (Wildman–Crippen LogP) is 1.08. The zero-order chi connectivity index (χ0) is 10.2. The molecule has 0 saturated carbocycles. The minimum Gasteiger partial charge on any atom is -0.362 e. The van der Waals surface area contributed by atoms with Crippen LogP contribution in [-0.2, 0) is 4.79 Å². The maximum atomic E-state index is 12.9. The van der Waals surface area contributed by atoms with E-state index in [9.17, 15) is 13.6 Å². The van der Waals surface area contributed by atoms with E-state index in [1.54, 1.807) is 6.07 Å². The highest BCUT2D eigenvalue weighted by Gasteiger charge is 2.41. The maximum Gasteiger partial charge on any atom is 0.341 e. The molecular formula is C8H7F2N3O. The molecule has 2 rings (SSSR count). The number of rotatable bonds is 0. The van der Waals surface area contributed by atoms with Crippen molar-refractivity contribution >= 4 is 17.4 Å². The molecule has 74 valence electrons. The number of carbonyl (C=O) groups is 1. The number of halogens is 2. The molecule has 2 N–H and O–H groups in total. The molecule has 0 spiro atoms. The number of anilines is 2. The number of hydrogen-bond acceptors (Lipinski definition) is 3. The van der Waals surface area contributed by atoms with Crippen molar-refractivity contribution in [3.05, 3.63) is 18.3 Å². The number of amides is 1. The molecular weight excluding hydrogens is 192 g/mol. The maximum absolute atomic E-state index is 12.9. The van der Waals surface area contributed by atoms with Crippen LogP contribution in [0.25, 0.3) is 0 Å². The Labute approximate surface area is 78.3 Å². The Morgan fingerprint density at radius 3 is 3.07 bits per heavy atom. The number of alkyl halides is 2. The van der Waals surface area contributed by atoms with Crippen LogP contribution in [0, 0.1) is 0 Å². The molecule has 4 nitrogen and oxygen atoms in total. The molecule has 1 aliphatic heterocycles. The molecule has 0 fully saturated rings. The van der Waals surface area contributed by atoms with Gasteiger partial charge in [-0.3, -0.25) is 4.79 Å². The summed E-state index contributed by atoms with van der Waals surface area (Å²) in [6.07, 6.45) is 1.46.